The van der Waals surface area contributed by atoms with Gasteiger partial charge in [0.2, 0.25) is 0 Å². The summed E-state index contributed by atoms with van der Waals surface area (Å²) in [5, 5.41) is 0. The molecule has 0 amide bonds. The molecule has 6 heteroatoms. The minimum absolute atomic E-state index is 0.312. The van der Waals surface area contributed by atoms with Crippen molar-refractivity contribution in [2.75, 3.05) is 32.6 Å². The van der Waals surface area contributed by atoms with Crippen LogP contribution >= 0.6 is 11.6 Å². The first-order chi connectivity index (χ1) is 8.54. The lowest BCUT2D eigenvalue weighted by Crippen LogP contribution is -2.48. The lowest BCUT2D eigenvalue weighted by Gasteiger charge is -2.36. The summed E-state index contributed by atoms with van der Waals surface area (Å²) in [6.07, 6.45) is 5.56. The SMILES string of the molecule is CN(CC1CCC1)S(=O)(=O)N1CCCC(CCl)C1. The standard InChI is InChI=1S/C12H23ClN2O2S/c1-14(9-11-4-2-5-11)18(16,17)15-7-3-6-12(8-13)10-15/h11-12H,2-10H2,1H3. The molecular weight excluding hydrogens is 272 g/mol. The molecule has 4 nitrogen and oxygen atoms in total. The van der Waals surface area contributed by atoms with Gasteiger partial charge in [0.15, 0.2) is 0 Å². The molecule has 0 radical (unpaired) electrons. The summed E-state index contributed by atoms with van der Waals surface area (Å²) in [7, 11) is -1.56. The predicted octanol–water partition coefficient (Wildman–Crippen LogP) is 1.91. The van der Waals surface area contributed by atoms with Gasteiger partial charge in [-0.25, -0.2) is 0 Å². The quantitative estimate of drug-likeness (QED) is 0.727. The van der Waals surface area contributed by atoms with E-state index in [2.05, 4.69) is 0 Å². The van der Waals surface area contributed by atoms with Crippen molar-refractivity contribution in [1.82, 2.24) is 8.61 Å². The third-order valence-electron chi connectivity index (χ3n) is 4.16. The topological polar surface area (TPSA) is 40.6 Å². The van der Waals surface area contributed by atoms with Crippen LogP contribution in [-0.4, -0.2) is 49.6 Å². The fraction of sp³-hybridized carbons (Fsp3) is 1.00. The Labute approximate surface area is 115 Å². The Morgan fingerprint density at radius 2 is 1.89 bits per heavy atom. The lowest BCUT2D eigenvalue weighted by molar-refractivity contribution is 0.233. The minimum Gasteiger partial charge on any atom is -0.195 e. The Morgan fingerprint density at radius 3 is 2.44 bits per heavy atom. The maximum atomic E-state index is 12.4. The molecule has 0 aromatic heterocycles. The maximum Gasteiger partial charge on any atom is 0.281 e. The highest BCUT2D eigenvalue weighted by Gasteiger charge is 2.33. The van der Waals surface area contributed by atoms with Gasteiger partial charge in [-0.1, -0.05) is 6.42 Å². The average Bonchev–Trinajstić information content (AvgIpc) is 2.33. The third-order valence-corrected chi connectivity index (χ3v) is 6.52. The summed E-state index contributed by atoms with van der Waals surface area (Å²) in [5.74, 6) is 1.43. The van der Waals surface area contributed by atoms with E-state index in [9.17, 15) is 8.42 Å². The summed E-state index contributed by atoms with van der Waals surface area (Å²) in [4.78, 5) is 0. The average molecular weight is 295 g/mol. The molecule has 1 heterocycles. The van der Waals surface area contributed by atoms with Gasteiger partial charge in [-0.3, -0.25) is 0 Å². The van der Waals surface area contributed by atoms with Gasteiger partial charge in [-0.2, -0.15) is 17.0 Å². The second kappa shape index (κ2) is 6.07. The Balaban J connectivity index is 1.95. The van der Waals surface area contributed by atoms with E-state index in [1.807, 2.05) is 0 Å². The number of alkyl halides is 1. The van der Waals surface area contributed by atoms with Gasteiger partial charge in [-0.15, -0.1) is 11.6 Å². The van der Waals surface area contributed by atoms with Crippen molar-refractivity contribution in [3.05, 3.63) is 0 Å². The van der Waals surface area contributed by atoms with Crippen LogP contribution in [-0.2, 0) is 10.2 Å². The highest BCUT2D eigenvalue weighted by atomic mass is 35.5. The molecular formula is C12H23ClN2O2S. The number of piperidine rings is 1. The van der Waals surface area contributed by atoms with Gasteiger partial charge in [0.1, 0.15) is 0 Å². The largest absolute Gasteiger partial charge is 0.281 e. The molecule has 0 aromatic carbocycles. The number of halogens is 1. The van der Waals surface area contributed by atoms with E-state index in [1.165, 1.54) is 23.6 Å². The number of hydrogen-bond acceptors (Lipinski definition) is 2. The van der Waals surface area contributed by atoms with Crippen LogP contribution in [0.4, 0.5) is 0 Å². The minimum atomic E-state index is -3.27. The van der Waals surface area contributed by atoms with Crippen LogP contribution in [0.15, 0.2) is 0 Å². The molecule has 0 spiro atoms. The Bertz CT molecular complexity index is 370. The normalized spacial score (nSPS) is 27.4. The van der Waals surface area contributed by atoms with Crippen molar-refractivity contribution in [2.24, 2.45) is 11.8 Å². The van der Waals surface area contributed by atoms with Crippen LogP contribution < -0.4 is 0 Å². The Morgan fingerprint density at radius 1 is 1.22 bits per heavy atom. The van der Waals surface area contributed by atoms with E-state index >= 15 is 0 Å². The summed E-state index contributed by atoms with van der Waals surface area (Å²) in [5.41, 5.74) is 0. The van der Waals surface area contributed by atoms with Gasteiger partial charge < -0.3 is 0 Å². The zero-order valence-electron chi connectivity index (χ0n) is 11.0. The zero-order chi connectivity index (χ0) is 13.2. The van der Waals surface area contributed by atoms with Crippen molar-refractivity contribution in [2.45, 2.75) is 32.1 Å². The number of hydrogen-bond donors (Lipinski definition) is 0. The first-order valence-electron chi connectivity index (χ1n) is 6.81. The molecule has 1 aliphatic heterocycles. The molecule has 1 atom stereocenters. The smallest absolute Gasteiger partial charge is 0.195 e. The molecule has 1 saturated heterocycles. The van der Waals surface area contributed by atoms with Crippen molar-refractivity contribution >= 4 is 21.8 Å². The van der Waals surface area contributed by atoms with Crippen molar-refractivity contribution < 1.29 is 8.42 Å². The molecule has 2 fully saturated rings. The van der Waals surface area contributed by atoms with Gasteiger partial charge in [-0.05, 0) is 37.5 Å². The Kier molecular flexibility index (Phi) is 4.92. The van der Waals surface area contributed by atoms with Crippen molar-refractivity contribution in [3.63, 3.8) is 0 Å². The van der Waals surface area contributed by atoms with Gasteiger partial charge in [0, 0.05) is 32.6 Å². The first-order valence-corrected chi connectivity index (χ1v) is 8.74. The lowest BCUT2D eigenvalue weighted by atomic mass is 9.86. The van der Waals surface area contributed by atoms with E-state index in [0.717, 1.165) is 12.8 Å². The van der Waals surface area contributed by atoms with E-state index in [-0.39, 0.29) is 0 Å². The van der Waals surface area contributed by atoms with Crippen LogP contribution in [0, 0.1) is 11.8 Å². The molecule has 2 aliphatic rings. The van der Waals surface area contributed by atoms with E-state index in [0.29, 0.717) is 37.4 Å². The molecule has 0 N–H and O–H groups in total. The number of rotatable bonds is 5. The van der Waals surface area contributed by atoms with E-state index in [1.54, 1.807) is 11.4 Å². The second-order valence-electron chi connectivity index (χ2n) is 5.61. The summed E-state index contributed by atoms with van der Waals surface area (Å²) in [6, 6.07) is 0. The Hall–Kier alpha value is 0.160. The molecule has 1 saturated carbocycles. The fourth-order valence-corrected chi connectivity index (χ4v) is 4.50. The highest BCUT2D eigenvalue weighted by Crippen LogP contribution is 2.28. The van der Waals surface area contributed by atoms with Crippen LogP contribution in [0.1, 0.15) is 32.1 Å². The van der Waals surface area contributed by atoms with E-state index < -0.39 is 10.2 Å². The fourth-order valence-electron chi connectivity index (χ4n) is 2.69. The zero-order valence-corrected chi connectivity index (χ0v) is 12.6. The first kappa shape index (κ1) is 14.6. The van der Waals surface area contributed by atoms with Crippen LogP contribution in [0.3, 0.4) is 0 Å². The van der Waals surface area contributed by atoms with Gasteiger partial charge >= 0.3 is 0 Å². The third kappa shape index (κ3) is 3.18. The molecule has 1 aliphatic carbocycles. The van der Waals surface area contributed by atoms with Crippen molar-refractivity contribution in [3.8, 4) is 0 Å². The monoisotopic (exact) mass is 294 g/mol. The van der Waals surface area contributed by atoms with Gasteiger partial charge in [0.25, 0.3) is 10.2 Å². The molecule has 106 valence electrons. The predicted molar refractivity (Wildman–Crippen MR) is 73.9 cm³/mol. The second-order valence-corrected chi connectivity index (χ2v) is 7.95. The number of nitrogens with zero attached hydrogens (tertiary/aromatic N) is 2. The summed E-state index contributed by atoms with van der Waals surface area (Å²) < 4.78 is 28.0. The van der Waals surface area contributed by atoms with Crippen LogP contribution in [0.25, 0.3) is 0 Å². The molecule has 2 rings (SSSR count). The van der Waals surface area contributed by atoms with Crippen LogP contribution in [0.5, 0.6) is 0 Å². The highest BCUT2D eigenvalue weighted by molar-refractivity contribution is 7.86. The van der Waals surface area contributed by atoms with E-state index in [4.69, 9.17) is 11.6 Å². The molecule has 0 bridgehead atoms. The maximum absolute atomic E-state index is 12.4. The summed E-state index contributed by atoms with van der Waals surface area (Å²) >= 11 is 5.86. The molecule has 18 heavy (non-hydrogen) atoms. The van der Waals surface area contributed by atoms with Crippen molar-refractivity contribution in [1.29, 1.82) is 0 Å². The summed E-state index contributed by atoms with van der Waals surface area (Å²) in [6.45, 7) is 1.90. The molecule has 0 aromatic rings. The molecule has 1 unspecified atom stereocenters. The van der Waals surface area contributed by atoms with Crippen LogP contribution in [0.2, 0.25) is 0 Å². The van der Waals surface area contributed by atoms with Gasteiger partial charge in [0.05, 0.1) is 0 Å².